The summed E-state index contributed by atoms with van der Waals surface area (Å²) in [7, 11) is 0. The van der Waals surface area contributed by atoms with Crippen LogP contribution in [0.4, 0.5) is 0 Å². The molecule has 0 saturated carbocycles. The zero-order valence-electron chi connectivity index (χ0n) is 16.3. The Hall–Kier alpha value is -2.14. The number of hydrogen-bond acceptors (Lipinski definition) is 3. The first-order chi connectivity index (χ1) is 14.3. The van der Waals surface area contributed by atoms with Crippen LogP contribution in [0.15, 0.2) is 59.7 Å². The molecule has 0 aliphatic carbocycles. The highest BCUT2D eigenvalue weighted by Crippen LogP contribution is 2.34. The first kappa shape index (κ1) is 18.9. The molecule has 0 amide bonds. The van der Waals surface area contributed by atoms with Crippen LogP contribution in [-0.2, 0) is 6.42 Å². The topological polar surface area (TPSA) is 31.9 Å². The minimum absolute atomic E-state index is 0.0407. The van der Waals surface area contributed by atoms with Crippen molar-refractivity contribution in [2.24, 2.45) is 0 Å². The Balaban J connectivity index is 1.52. The van der Waals surface area contributed by atoms with Gasteiger partial charge >= 0.3 is 0 Å². The van der Waals surface area contributed by atoms with E-state index in [2.05, 4.69) is 62.2 Å². The van der Waals surface area contributed by atoms with Crippen LogP contribution in [0.2, 0.25) is 0 Å². The molecule has 4 aromatic rings. The van der Waals surface area contributed by atoms with Gasteiger partial charge in [0.25, 0.3) is 0 Å². The second-order valence-electron chi connectivity index (χ2n) is 7.75. The van der Waals surface area contributed by atoms with Crippen LogP contribution in [0, 0.1) is 0 Å². The maximum atomic E-state index is 6.86. The standard InChI is InChI=1S/C24H24ClN3S/c25-23(28-8-2-1-3-9-28)12-17-5-4-6-22-24(17)21(15-27-22)20-11-19(13-26-14-20)18-7-10-29-16-18/h4-7,10-11,13-16,23,27H,1-3,8-9,12H2. The minimum atomic E-state index is 0.0407. The normalized spacial score (nSPS) is 16.3. The van der Waals surface area contributed by atoms with Gasteiger partial charge in [-0.3, -0.25) is 9.88 Å². The van der Waals surface area contributed by atoms with E-state index >= 15 is 0 Å². The first-order valence-electron chi connectivity index (χ1n) is 10.2. The summed E-state index contributed by atoms with van der Waals surface area (Å²) >= 11 is 8.57. The Kier molecular flexibility index (Phi) is 5.40. The summed E-state index contributed by atoms with van der Waals surface area (Å²) in [5.41, 5.74) is 7.19. The lowest BCUT2D eigenvalue weighted by molar-refractivity contribution is 0.209. The highest BCUT2D eigenvalue weighted by atomic mass is 35.5. The molecular weight excluding hydrogens is 398 g/mol. The molecule has 148 valence electrons. The molecule has 3 aromatic heterocycles. The first-order valence-corrected chi connectivity index (χ1v) is 11.6. The lowest BCUT2D eigenvalue weighted by Crippen LogP contribution is -2.37. The van der Waals surface area contributed by atoms with Crippen LogP contribution in [0.3, 0.4) is 0 Å². The lowest BCUT2D eigenvalue weighted by Gasteiger charge is -2.31. The van der Waals surface area contributed by atoms with Crippen LogP contribution in [0.5, 0.6) is 0 Å². The molecule has 1 aromatic carbocycles. The van der Waals surface area contributed by atoms with Crippen molar-refractivity contribution in [3.63, 3.8) is 0 Å². The number of pyridine rings is 1. The van der Waals surface area contributed by atoms with Gasteiger partial charge in [-0.2, -0.15) is 11.3 Å². The van der Waals surface area contributed by atoms with E-state index in [0.29, 0.717) is 0 Å². The van der Waals surface area contributed by atoms with Crippen molar-refractivity contribution < 1.29 is 0 Å². The minimum Gasteiger partial charge on any atom is -0.361 e. The Morgan fingerprint density at radius 3 is 2.76 bits per heavy atom. The van der Waals surface area contributed by atoms with Gasteiger partial charge in [-0.1, -0.05) is 18.6 Å². The van der Waals surface area contributed by atoms with Gasteiger partial charge in [-0.15, -0.1) is 11.6 Å². The van der Waals surface area contributed by atoms with Gasteiger partial charge in [0.2, 0.25) is 0 Å². The summed E-state index contributed by atoms with van der Waals surface area (Å²) < 4.78 is 0. The van der Waals surface area contributed by atoms with E-state index in [-0.39, 0.29) is 5.50 Å². The van der Waals surface area contributed by atoms with Crippen molar-refractivity contribution in [2.45, 2.75) is 31.2 Å². The summed E-state index contributed by atoms with van der Waals surface area (Å²) in [6, 6.07) is 10.9. The number of benzene rings is 1. The van der Waals surface area contributed by atoms with Gasteiger partial charge in [0.05, 0.1) is 5.50 Å². The highest BCUT2D eigenvalue weighted by molar-refractivity contribution is 7.08. The van der Waals surface area contributed by atoms with Crippen molar-refractivity contribution in [3.8, 4) is 22.3 Å². The number of thiophene rings is 1. The van der Waals surface area contributed by atoms with E-state index in [1.54, 1.807) is 11.3 Å². The molecule has 1 unspecified atom stereocenters. The van der Waals surface area contributed by atoms with Crippen molar-refractivity contribution in [1.82, 2.24) is 14.9 Å². The fourth-order valence-electron chi connectivity index (χ4n) is 4.34. The van der Waals surface area contributed by atoms with Gasteiger partial charge in [-0.05, 0) is 66.0 Å². The fraction of sp³-hybridized carbons (Fsp3) is 0.292. The van der Waals surface area contributed by atoms with E-state index in [4.69, 9.17) is 11.6 Å². The number of halogens is 1. The summed E-state index contributed by atoms with van der Waals surface area (Å²) in [6.07, 6.45) is 10.7. The maximum absolute atomic E-state index is 6.86. The van der Waals surface area contributed by atoms with Crippen molar-refractivity contribution in [2.75, 3.05) is 13.1 Å². The zero-order valence-corrected chi connectivity index (χ0v) is 17.8. The smallest absolute Gasteiger partial charge is 0.0891 e. The van der Waals surface area contributed by atoms with Crippen LogP contribution in [0.25, 0.3) is 33.2 Å². The van der Waals surface area contributed by atoms with Gasteiger partial charge in [-0.25, -0.2) is 0 Å². The number of alkyl halides is 1. The van der Waals surface area contributed by atoms with Gasteiger partial charge in [0.15, 0.2) is 0 Å². The summed E-state index contributed by atoms with van der Waals surface area (Å²) in [5, 5.41) is 5.53. The summed E-state index contributed by atoms with van der Waals surface area (Å²) in [5.74, 6) is 0. The average molecular weight is 422 g/mol. The molecule has 1 N–H and O–H groups in total. The fourth-order valence-corrected chi connectivity index (χ4v) is 5.37. The molecule has 5 rings (SSSR count). The highest BCUT2D eigenvalue weighted by Gasteiger charge is 2.21. The number of nitrogens with one attached hydrogen (secondary N) is 1. The predicted octanol–water partition coefficient (Wildman–Crippen LogP) is 6.55. The Morgan fingerprint density at radius 1 is 1.07 bits per heavy atom. The third-order valence-electron chi connectivity index (χ3n) is 5.87. The van der Waals surface area contributed by atoms with E-state index in [0.717, 1.165) is 36.2 Å². The van der Waals surface area contributed by atoms with E-state index < -0.39 is 0 Å². The van der Waals surface area contributed by atoms with Gasteiger partial charge in [0, 0.05) is 52.6 Å². The Labute approximate surface area is 180 Å². The third-order valence-corrected chi connectivity index (χ3v) is 6.98. The molecule has 0 spiro atoms. The quantitative estimate of drug-likeness (QED) is 0.292. The molecule has 4 heterocycles. The van der Waals surface area contributed by atoms with Gasteiger partial charge < -0.3 is 4.98 Å². The number of hydrogen-bond donors (Lipinski definition) is 1. The zero-order chi connectivity index (χ0) is 19.6. The molecule has 1 saturated heterocycles. The van der Waals surface area contributed by atoms with Crippen LogP contribution >= 0.6 is 22.9 Å². The van der Waals surface area contributed by atoms with Crippen molar-refractivity contribution in [1.29, 1.82) is 0 Å². The SMILES string of the molecule is ClC(Cc1cccc2[nH]cc(-c3cncc(-c4ccsc4)c3)c12)N1CCCCC1. The second kappa shape index (κ2) is 8.31. The number of likely N-dealkylation sites (tertiary alicyclic amines) is 1. The number of aromatic amines is 1. The molecule has 0 radical (unpaired) electrons. The molecule has 1 atom stereocenters. The lowest BCUT2D eigenvalue weighted by atomic mass is 9.98. The van der Waals surface area contributed by atoms with E-state index in [1.165, 1.54) is 41.3 Å². The Bertz CT molecular complexity index is 1100. The molecule has 29 heavy (non-hydrogen) atoms. The molecule has 1 aliphatic rings. The van der Waals surface area contributed by atoms with Crippen LogP contribution in [0.1, 0.15) is 24.8 Å². The number of nitrogens with zero attached hydrogens (tertiary/aromatic N) is 2. The van der Waals surface area contributed by atoms with Crippen LogP contribution < -0.4 is 0 Å². The molecule has 1 aliphatic heterocycles. The molecule has 5 heteroatoms. The van der Waals surface area contributed by atoms with Gasteiger partial charge in [0.1, 0.15) is 0 Å². The number of H-pyrrole nitrogens is 1. The largest absolute Gasteiger partial charge is 0.361 e. The number of rotatable bonds is 5. The van der Waals surface area contributed by atoms with Crippen molar-refractivity contribution >= 4 is 33.8 Å². The predicted molar refractivity (Wildman–Crippen MR) is 124 cm³/mol. The van der Waals surface area contributed by atoms with E-state index in [9.17, 15) is 0 Å². The third kappa shape index (κ3) is 3.85. The number of aromatic nitrogens is 2. The summed E-state index contributed by atoms with van der Waals surface area (Å²) in [4.78, 5) is 10.4. The monoisotopic (exact) mass is 421 g/mol. The second-order valence-corrected chi connectivity index (χ2v) is 9.04. The van der Waals surface area contributed by atoms with E-state index in [1.807, 2.05) is 12.4 Å². The number of fused-ring (bicyclic) bond motifs is 1. The molecular formula is C24H24ClN3S. The average Bonchev–Trinajstić information content (AvgIpc) is 3.45. The maximum Gasteiger partial charge on any atom is 0.0891 e. The molecule has 3 nitrogen and oxygen atoms in total. The Morgan fingerprint density at radius 2 is 1.93 bits per heavy atom. The summed E-state index contributed by atoms with van der Waals surface area (Å²) in [6.45, 7) is 2.22. The van der Waals surface area contributed by atoms with Crippen LogP contribution in [-0.4, -0.2) is 33.5 Å². The number of piperidine rings is 1. The van der Waals surface area contributed by atoms with Crippen molar-refractivity contribution in [3.05, 3.63) is 65.2 Å². The molecule has 0 bridgehead atoms. The molecule has 1 fully saturated rings.